The van der Waals surface area contributed by atoms with E-state index >= 15 is 0 Å². The molecule has 2 unspecified atom stereocenters. The molecule has 1 heterocycles. The highest BCUT2D eigenvalue weighted by molar-refractivity contribution is 5.98. The maximum atomic E-state index is 4.97. The van der Waals surface area contributed by atoms with Gasteiger partial charge in [0.2, 0.25) is 0 Å². The van der Waals surface area contributed by atoms with Crippen molar-refractivity contribution in [3.63, 3.8) is 0 Å². The Balaban J connectivity index is 1.57. The van der Waals surface area contributed by atoms with Crippen LogP contribution in [0.1, 0.15) is 22.7 Å². The van der Waals surface area contributed by atoms with Crippen molar-refractivity contribution in [2.45, 2.75) is 18.5 Å². The smallest absolute Gasteiger partial charge is 0.121 e. The van der Waals surface area contributed by atoms with Gasteiger partial charge in [0.05, 0.1) is 12.1 Å². The molecule has 0 amide bonds. The van der Waals surface area contributed by atoms with Crippen LogP contribution in [0.5, 0.6) is 0 Å². The zero-order valence-corrected chi connectivity index (χ0v) is 14.6. The van der Waals surface area contributed by atoms with E-state index < -0.39 is 0 Å². The van der Waals surface area contributed by atoms with Gasteiger partial charge >= 0.3 is 0 Å². The second kappa shape index (κ2) is 7.83. The molecule has 0 fully saturated rings. The maximum absolute atomic E-state index is 4.97. The van der Waals surface area contributed by atoms with E-state index in [0.717, 1.165) is 12.3 Å². The molecule has 1 aliphatic heterocycles. The summed E-state index contributed by atoms with van der Waals surface area (Å²) in [6.07, 6.45) is 5.14. The molecule has 0 bridgehead atoms. The van der Waals surface area contributed by atoms with Gasteiger partial charge < -0.3 is 5.32 Å². The van der Waals surface area contributed by atoms with E-state index in [4.69, 9.17) is 4.99 Å². The molecule has 4 rings (SSSR count). The number of nitrogens with zero attached hydrogens (tertiary/aromatic N) is 1. The van der Waals surface area contributed by atoms with Crippen LogP contribution in [0.4, 0.5) is 0 Å². The van der Waals surface area contributed by atoms with Crippen molar-refractivity contribution in [2.75, 3.05) is 0 Å². The van der Waals surface area contributed by atoms with Crippen LogP contribution < -0.4 is 5.32 Å². The number of hydrogen-bond acceptors (Lipinski definition) is 2. The Kier molecular flexibility index (Phi) is 4.92. The summed E-state index contributed by atoms with van der Waals surface area (Å²) < 4.78 is 0. The number of nitrogens with one attached hydrogen (secondary N) is 1. The lowest BCUT2D eigenvalue weighted by atomic mass is 9.95. The fourth-order valence-corrected chi connectivity index (χ4v) is 3.36. The summed E-state index contributed by atoms with van der Waals surface area (Å²) in [6.45, 7) is 0. The third-order valence-corrected chi connectivity index (χ3v) is 4.67. The van der Waals surface area contributed by atoms with Gasteiger partial charge in [-0.15, -0.1) is 0 Å². The van der Waals surface area contributed by atoms with Crippen molar-refractivity contribution in [2.24, 2.45) is 4.99 Å². The summed E-state index contributed by atoms with van der Waals surface area (Å²) in [5.74, 6) is 0.948. The first kappa shape index (κ1) is 16.3. The number of benzene rings is 3. The van der Waals surface area contributed by atoms with Crippen molar-refractivity contribution in [3.05, 3.63) is 114 Å². The molecule has 0 aromatic heterocycles. The van der Waals surface area contributed by atoms with Crippen molar-refractivity contribution in [1.82, 2.24) is 5.32 Å². The fourth-order valence-electron chi connectivity index (χ4n) is 3.36. The van der Waals surface area contributed by atoms with Crippen molar-refractivity contribution in [3.8, 4) is 0 Å². The molecule has 0 aliphatic carbocycles. The second-order valence-electron chi connectivity index (χ2n) is 6.55. The van der Waals surface area contributed by atoms with Crippen molar-refractivity contribution < 1.29 is 0 Å². The Labute approximate surface area is 154 Å². The van der Waals surface area contributed by atoms with Gasteiger partial charge in [-0.2, -0.15) is 0 Å². The third kappa shape index (κ3) is 3.92. The lowest BCUT2D eigenvalue weighted by Gasteiger charge is -2.19. The van der Waals surface area contributed by atoms with Crippen molar-refractivity contribution >= 4 is 11.9 Å². The first-order valence-electron chi connectivity index (χ1n) is 9.05. The van der Waals surface area contributed by atoms with E-state index in [-0.39, 0.29) is 12.1 Å². The monoisotopic (exact) mass is 338 g/mol. The van der Waals surface area contributed by atoms with Crippen LogP contribution in [0, 0.1) is 0 Å². The predicted molar refractivity (Wildman–Crippen MR) is 109 cm³/mol. The van der Waals surface area contributed by atoms with E-state index in [1.54, 1.807) is 0 Å². The van der Waals surface area contributed by atoms with Crippen LogP contribution in [0.25, 0.3) is 6.08 Å². The fraction of sp³-hybridized carbons (Fsp3) is 0.125. The summed E-state index contributed by atoms with van der Waals surface area (Å²) in [5, 5.41) is 3.62. The molecule has 26 heavy (non-hydrogen) atoms. The SMILES string of the molecule is C(=Cc1ccccc1)C1=NC(c2ccccc2)C(Cc2ccccc2)N1. The summed E-state index contributed by atoms with van der Waals surface area (Å²) >= 11 is 0. The van der Waals surface area contributed by atoms with Gasteiger partial charge in [-0.25, -0.2) is 0 Å². The average molecular weight is 338 g/mol. The van der Waals surface area contributed by atoms with Crippen LogP contribution in [0.3, 0.4) is 0 Å². The lowest BCUT2D eigenvalue weighted by molar-refractivity contribution is 0.540. The Morgan fingerprint density at radius 2 is 1.35 bits per heavy atom. The molecule has 2 atom stereocenters. The van der Waals surface area contributed by atoms with Crippen LogP contribution in [0.2, 0.25) is 0 Å². The molecule has 2 heteroatoms. The normalized spacial score (nSPS) is 19.3. The van der Waals surface area contributed by atoms with E-state index in [1.807, 2.05) is 6.07 Å². The number of rotatable bonds is 5. The highest BCUT2D eigenvalue weighted by atomic mass is 15.1. The topological polar surface area (TPSA) is 24.4 Å². The summed E-state index contributed by atoms with van der Waals surface area (Å²) in [7, 11) is 0. The van der Waals surface area contributed by atoms with Gasteiger partial charge in [-0.3, -0.25) is 4.99 Å². The second-order valence-corrected chi connectivity index (χ2v) is 6.55. The molecule has 3 aromatic carbocycles. The van der Waals surface area contributed by atoms with Crippen molar-refractivity contribution in [1.29, 1.82) is 0 Å². The Morgan fingerprint density at radius 3 is 2.04 bits per heavy atom. The molecule has 3 aromatic rings. The Bertz CT molecular complexity index is 883. The van der Waals surface area contributed by atoms with Gasteiger partial charge in [-0.1, -0.05) is 97.1 Å². The molecule has 0 radical (unpaired) electrons. The van der Waals surface area contributed by atoms with E-state index in [0.29, 0.717) is 0 Å². The first-order valence-corrected chi connectivity index (χ1v) is 9.05. The third-order valence-electron chi connectivity index (χ3n) is 4.67. The molecule has 0 saturated heterocycles. The largest absolute Gasteiger partial charge is 0.365 e. The minimum atomic E-state index is 0.131. The molecule has 1 aliphatic rings. The molecular weight excluding hydrogens is 316 g/mol. The van der Waals surface area contributed by atoms with Gasteiger partial charge in [0.1, 0.15) is 5.84 Å². The minimum Gasteiger partial charge on any atom is -0.365 e. The maximum Gasteiger partial charge on any atom is 0.121 e. The predicted octanol–water partition coefficient (Wildman–Crippen LogP) is 5.05. The lowest BCUT2D eigenvalue weighted by Crippen LogP contribution is -2.32. The van der Waals surface area contributed by atoms with E-state index in [9.17, 15) is 0 Å². The number of aliphatic imine (C=N–C) groups is 1. The number of amidine groups is 1. The molecule has 128 valence electrons. The standard InChI is InChI=1S/C24H22N2/c1-4-10-19(11-5-1)16-17-23-25-22(18-20-12-6-2-7-13-20)24(26-23)21-14-8-3-9-15-21/h1-17,22,24H,18H2,(H,25,26). The van der Waals surface area contributed by atoms with Crippen LogP contribution in [0.15, 0.2) is 102 Å². The number of hydrogen-bond donors (Lipinski definition) is 1. The van der Waals surface area contributed by atoms with E-state index in [1.165, 1.54) is 16.7 Å². The van der Waals surface area contributed by atoms with E-state index in [2.05, 4.69) is 102 Å². The zero-order chi connectivity index (χ0) is 17.6. The Morgan fingerprint density at radius 1 is 0.731 bits per heavy atom. The quantitative estimate of drug-likeness (QED) is 0.691. The molecule has 1 N–H and O–H groups in total. The summed E-state index contributed by atoms with van der Waals surface area (Å²) in [4.78, 5) is 4.97. The Hall–Kier alpha value is -3.13. The minimum absolute atomic E-state index is 0.131. The average Bonchev–Trinajstić information content (AvgIpc) is 3.11. The van der Waals surface area contributed by atoms with Crippen LogP contribution in [-0.2, 0) is 6.42 Å². The highest BCUT2D eigenvalue weighted by Crippen LogP contribution is 2.28. The molecule has 0 saturated carbocycles. The zero-order valence-electron chi connectivity index (χ0n) is 14.6. The van der Waals surface area contributed by atoms with Gasteiger partial charge in [0, 0.05) is 0 Å². The van der Waals surface area contributed by atoms with Crippen LogP contribution >= 0.6 is 0 Å². The van der Waals surface area contributed by atoms with Crippen LogP contribution in [-0.4, -0.2) is 11.9 Å². The first-order chi connectivity index (χ1) is 12.9. The molecular formula is C24H22N2. The summed E-state index contributed by atoms with van der Waals surface area (Å²) in [5.41, 5.74) is 3.76. The highest BCUT2D eigenvalue weighted by Gasteiger charge is 2.28. The van der Waals surface area contributed by atoms with Gasteiger partial charge in [0.15, 0.2) is 0 Å². The summed E-state index contributed by atoms with van der Waals surface area (Å²) in [6, 6.07) is 31.9. The van der Waals surface area contributed by atoms with Gasteiger partial charge in [0.25, 0.3) is 0 Å². The molecule has 0 spiro atoms. The molecule has 2 nitrogen and oxygen atoms in total. The van der Waals surface area contributed by atoms with Gasteiger partial charge in [-0.05, 0) is 29.2 Å².